The summed E-state index contributed by atoms with van der Waals surface area (Å²) < 4.78 is 10.5. The van der Waals surface area contributed by atoms with Gasteiger partial charge in [-0.05, 0) is 42.9 Å². The first-order valence-electron chi connectivity index (χ1n) is 5.60. The van der Waals surface area contributed by atoms with Crippen LogP contribution >= 0.6 is 11.6 Å². The average Bonchev–Trinajstić information content (AvgIpc) is 2.75. The average molecular weight is 241 g/mol. The van der Waals surface area contributed by atoms with Crippen molar-refractivity contribution in [3.63, 3.8) is 0 Å². The molecule has 1 aromatic carbocycles. The maximum absolute atomic E-state index is 6.14. The van der Waals surface area contributed by atoms with Crippen molar-refractivity contribution >= 4 is 11.6 Å². The van der Waals surface area contributed by atoms with Gasteiger partial charge in [-0.2, -0.15) is 0 Å². The first-order valence-corrected chi connectivity index (χ1v) is 6.03. The van der Waals surface area contributed by atoms with E-state index in [1.165, 1.54) is 5.56 Å². The molecule has 0 heterocycles. The number of hydrogen-bond donors (Lipinski definition) is 0. The molecule has 16 heavy (non-hydrogen) atoms. The molecule has 88 valence electrons. The van der Waals surface area contributed by atoms with Crippen LogP contribution in [0.5, 0.6) is 11.5 Å². The molecule has 2 nitrogen and oxygen atoms in total. The van der Waals surface area contributed by atoms with E-state index in [1.807, 2.05) is 6.07 Å². The molecule has 1 saturated carbocycles. The van der Waals surface area contributed by atoms with Crippen molar-refractivity contribution in [2.75, 3.05) is 14.2 Å². The molecule has 0 aromatic heterocycles. The summed E-state index contributed by atoms with van der Waals surface area (Å²) in [4.78, 5) is 0. The lowest BCUT2D eigenvalue weighted by Gasteiger charge is -2.13. The van der Waals surface area contributed by atoms with E-state index in [2.05, 4.69) is 12.1 Å². The van der Waals surface area contributed by atoms with Crippen LogP contribution in [0.3, 0.4) is 0 Å². The lowest BCUT2D eigenvalue weighted by molar-refractivity contribution is 0.392. The third kappa shape index (κ3) is 2.43. The molecule has 1 aromatic rings. The third-order valence-electron chi connectivity index (χ3n) is 3.21. The van der Waals surface area contributed by atoms with Gasteiger partial charge in [0.15, 0.2) is 0 Å². The molecule has 0 amide bonds. The van der Waals surface area contributed by atoms with Gasteiger partial charge in [-0.1, -0.05) is 0 Å². The van der Waals surface area contributed by atoms with Crippen molar-refractivity contribution in [2.45, 2.75) is 30.6 Å². The second kappa shape index (κ2) is 4.96. The Kier molecular flexibility index (Phi) is 3.59. The van der Waals surface area contributed by atoms with Crippen LogP contribution in [-0.2, 0) is 0 Å². The molecule has 2 unspecified atom stereocenters. The number of hydrogen-bond acceptors (Lipinski definition) is 2. The fourth-order valence-corrected chi connectivity index (χ4v) is 2.64. The van der Waals surface area contributed by atoms with Gasteiger partial charge < -0.3 is 9.47 Å². The number of halogens is 1. The Morgan fingerprint density at radius 2 is 1.69 bits per heavy atom. The monoisotopic (exact) mass is 240 g/mol. The summed E-state index contributed by atoms with van der Waals surface area (Å²) in [6.07, 6.45) is 3.31. The highest BCUT2D eigenvalue weighted by atomic mass is 35.5. The maximum Gasteiger partial charge on any atom is 0.122 e. The molecule has 0 spiro atoms. The van der Waals surface area contributed by atoms with Gasteiger partial charge in [0.25, 0.3) is 0 Å². The number of benzene rings is 1. The highest BCUT2D eigenvalue weighted by molar-refractivity contribution is 6.20. The molecule has 0 aliphatic heterocycles. The van der Waals surface area contributed by atoms with Gasteiger partial charge in [0.05, 0.1) is 14.2 Å². The van der Waals surface area contributed by atoms with Crippen LogP contribution in [0.25, 0.3) is 0 Å². The van der Waals surface area contributed by atoms with E-state index in [0.29, 0.717) is 11.3 Å². The maximum atomic E-state index is 6.14. The van der Waals surface area contributed by atoms with Crippen LogP contribution in [-0.4, -0.2) is 19.6 Å². The topological polar surface area (TPSA) is 18.5 Å². The predicted octanol–water partition coefficient (Wildman–Crippen LogP) is 3.58. The molecule has 1 fully saturated rings. The van der Waals surface area contributed by atoms with E-state index in [9.17, 15) is 0 Å². The lowest BCUT2D eigenvalue weighted by Crippen LogP contribution is -1.97. The molecule has 1 aliphatic rings. The van der Waals surface area contributed by atoms with Crippen molar-refractivity contribution in [1.29, 1.82) is 0 Å². The van der Waals surface area contributed by atoms with E-state index in [0.717, 1.165) is 30.8 Å². The third-order valence-corrected chi connectivity index (χ3v) is 3.61. The fourth-order valence-electron chi connectivity index (χ4n) is 2.29. The SMILES string of the molecule is COc1cc(OC)cc(C2CCC(Cl)C2)c1. The molecule has 3 heteroatoms. The lowest BCUT2D eigenvalue weighted by atomic mass is 9.97. The largest absolute Gasteiger partial charge is 0.497 e. The minimum absolute atomic E-state index is 0.321. The molecule has 0 radical (unpaired) electrons. The van der Waals surface area contributed by atoms with Gasteiger partial charge in [0.2, 0.25) is 0 Å². The zero-order valence-corrected chi connectivity index (χ0v) is 10.5. The van der Waals surface area contributed by atoms with E-state index in [4.69, 9.17) is 21.1 Å². The van der Waals surface area contributed by atoms with Crippen molar-refractivity contribution in [3.8, 4) is 11.5 Å². The predicted molar refractivity (Wildman–Crippen MR) is 65.8 cm³/mol. The Balaban J connectivity index is 2.25. The summed E-state index contributed by atoms with van der Waals surface area (Å²) in [6, 6.07) is 6.07. The van der Waals surface area contributed by atoms with Gasteiger partial charge >= 0.3 is 0 Å². The minimum Gasteiger partial charge on any atom is -0.497 e. The summed E-state index contributed by atoms with van der Waals surface area (Å²) in [5.74, 6) is 2.26. The van der Waals surface area contributed by atoms with Crippen LogP contribution in [0.2, 0.25) is 0 Å². The summed E-state index contributed by atoms with van der Waals surface area (Å²) in [5.41, 5.74) is 1.28. The van der Waals surface area contributed by atoms with Crippen molar-refractivity contribution < 1.29 is 9.47 Å². The molecule has 1 aliphatic carbocycles. The van der Waals surface area contributed by atoms with Crippen LogP contribution in [0.15, 0.2) is 18.2 Å². The molecule has 2 atom stereocenters. The molecular weight excluding hydrogens is 224 g/mol. The normalized spacial score (nSPS) is 24.4. The number of ether oxygens (including phenoxy) is 2. The molecule has 0 saturated heterocycles. The van der Waals surface area contributed by atoms with Crippen LogP contribution < -0.4 is 9.47 Å². The Labute approximate surface area is 102 Å². The number of methoxy groups -OCH3 is 2. The van der Waals surface area contributed by atoms with Crippen molar-refractivity contribution in [2.24, 2.45) is 0 Å². The standard InChI is InChI=1S/C13H17ClO2/c1-15-12-6-10(7-13(8-12)16-2)9-3-4-11(14)5-9/h6-9,11H,3-5H2,1-2H3. The van der Waals surface area contributed by atoms with Gasteiger partial charge in [-0.3, -0.25) is 0 Å². The van der Waals surface area contributed by atoms with E-state index < -0.39 is 0 Å². The summed E-state index contributed by atoms with van der Waals surface area (Å²) >= 11 is 6.14. The number of rotatable bonds is 3. The first-order chi connectivity index (χ1) is 7.72. The summed E-state index contributed by atoms with van der Waals surface area (Å²) in [7, 11) is 3.36. The summed E-state index contributed by atoms with van der Waals surface area (Å²) in [5, 5.41) is 0.321. The zero-order chi connectivity index (χ0) is 11.5. The second-order valence-electron chi connectivity index (χ2n) is 4.25. The van der Waals surface area contributed by atoms with Gasteiger partial charge in [0.1, 0.15) is 11.5 Å². The Morgan fingerprint density at radius 1 is 1.06 bits per heavy atom. The van der Waals surface area contributed by atoms with Gasteiger partial charge in [-0.15, -0.1) is 11.6 Å². The molecule has 2 rings (SSSR count). The van der Waals surface area contributed by atoms with Crippen molar-refractivity contribution in [1.82, 2.24) is 0 Å². The molecular formula is C13H17ClO2. The van der Waals surface area contributed by atoms with E-state index in [1.54, 1.807) is 14.2 Å². The van der Waals surface area contributed by atoms with Gasteiger partial charge in [-0.25, -0.2) is 0 Å². The van der Waals surface area contributed by atoms with Crippen LogP contribution in [0.1, 0.15) is 30.7 Å². The molecule has 0 N–H and O–H groups in total. The Morgan fingerprint density at radius 3 is 2.12 bits per heavy atom. The quantitative estimate of drug-likeness (QED) is 0.752. The van der Waals surface area contributed by atoms with Gasteiger partial charge in [0, 0.05) is 11.4 Å². The minimum atomic E-state index is 0.321. The van der Waals surface area contributed by atoms with Crippen molar-refractivity contribution in [3.05, 3.63) is 23.8 Å². The zero-order valence-electron chi connectivity index (χ0n) is 9.70. The van der Waals surface area contributed by atoms with Crippen LogP contribution in [0.4, 0.5) is 0 Å². The Hall–Kier alpha value is -0.890. The van der Waals surface area contributed by atoms with Crippen LogP contribution in [0, 0.1) is 0 Å². The number of alkyl halides is 1. The molecule has 0 bridgehead atoms. The second-order valence-corrected chi connectivity index (χ2v) is 4.87. The first kappa shape index (κ1) is 11.6. The summed E-state index contributed by atoms with van der Waals surface area (Å²) in [6.45, 7) is 0. The fraction of sp³-hybridized carbons (Fsp3) is 0.538. The van der Waals surface area contributed by atoms with E-state index >= 15 is 0 Å². The highest BCUT2D eigenvalue weighted by Gasteiger charge is 2.24. The highest BCUT2D eigenvalue weighted by Crippen LogP contribution is 2.39. The smallest absolute Gasteiger partial charge is 0.122 e. The Bertz CT molecular complexity index is 343. The van der Waals surface area contributed by atoms with E-state index in [-0.39, 0.29) is 0 Å².